The molecule has 204 valence electrons. The van der Waals surface area contributed by atoms with Crippen LogP contribution < -0.4 is 5.32 Å². The van der Waals surface area contributed by atoms with Crippen LogP contribution in [0.5, 0.6) is 0 Å². The van der Waals surface area contributed by atoms with E-state index >= 15 is 0 Å². The van der Waals surface area contributed by atoms with Crippen LogP contribution in [-0.2, 0) is 44.9 Å². The number of fused-ring (bicyclic) bond motifs is 1. The molecule has 37 heavy (non-hydrogen) atoms. The molecule has 0 aromatic heterocycles. The first-order valence-corrected chi connectivity index (χ1v) is 12.7. The number of carbonyl (C=O) groups excluding carboxylic acids is 2. The van der Waals surface area contributed by atoms with E-state index < -0.39 is 84.0 Å². The maximum atomic E-state index is 13.3. The Balaban J connectivity index is 2.06. The van der Waals surface area contributed by atoms with E-state index in [0.717, 1.165) is 0 Å². The van der Waals surface area contributed by atoms with Crippen LogP contribution >= 0.6 is 0 Å². The van der Waals surface area contributed by atoms with E-state index in [9.17, 15) is 62.7 Å². The second kappa shape index (κ2) is 9.19. The lowest BCUT2D eigenvalue weighted by Gasteiger charge is -2.51. The Hall–Kier alpha value is -3.35. The van der Waals surface area contributed by atoms with Crippen molar-refractivity contribution in [2.24, 2.45) is 0 Å². The number of benzene rings is 1. The van der Waals surface area contributed by atoms with E-state index in [0.29, 0.717) is 5.56 Å². The molecule has 11 nitrogen and oxygen atoms in total. The topological polar surface area (TPSA) is 164 Å². The van der Waals surface area contributed by atoms with Crippen molar-refractivity contribution in [2.45, 2.75) is 41.2 Å². The first-order valence-electron chi connectivity index (χ1n) is 9.74. The molecule has 1 saturated heterocycles. The van der Waals surface area contributed by atoms with Crippen molar-refractivity contribution in [3.8, 4) is 0 Å². The van der Waals surface area contributed by atoms with Crippen molar-refractivity contribution in [1.29, 1.82) is 0 Å². The van der Waals surface area contributed by atoms with E-state index in [2.05, 4.69) is 9.50 Å². The van der Waals surface area contributed by atoms with E-state index in [1.165, 1.54) is 12.1 Å². The third kappa shape index (κ3) is 5.09. The van der Waals surface area contributed by atoms with Crippen molar-refractivity contribution in [3.63, 3.8) is 0 Å². The average molecular weight is 580 g/mol. The highest BCUT2D eigenvalue weighted by molar-refractivity contribution is 7.93. The molecule has 2 amide bonds. The molecule has 19 heteroatoms. The van der Waals surface area contributed by atoms with Crippen LogP contribution in [-0.4, -0.2) is 73.0 Å². The second-order valence-electron chi connectivity index (χ2n) is 7.70. The van der Waals surface area contributed by atoms with E-state index in [-0.39, 0.29) is 11.3 Å². The fourth-order valence-electron chi connectivity index (χ4n) is 3.72. The lowest BCUT2D eigenvalue weighted by molar-refractivity contribution is -0.156. The number of nitrogens with zero attached hydrogens (tertiary/aromatic N) is 1. The number of carboxylic acids is 1. The molecule has 0 radical (unpaired) electrons. The lowest BCUT2D eigenvalue weighted by Crippen LogP contribution is -2.73. The number of sulfone groups is 1. The number of halogens is 6. The van der Waals surface area contributed by atoms with Gasteiger partial charge in [-0.05, 0) is 12.0 Å². The number of hydrogen-bond acceptors (Lipinski definition) is 8. The molecule has 1 aromatic carbocycles. The quantitative estimate of drug-likeness (QED) is 0.205. The second-order valence-corrected chi connectivity index (χ2v) is 11.4. The third-order valence-corrected chi connectivity index (χ3v) is 8.12. The van der Waals surface area contributed by atoms with Crippen molar-refractivity contribution in [3.05, 3.63) is 47.4 Å². The van der Waals surface area contributed by atoms with Gasteiger partial charge in [0.15, 0.2) is 11.5 Å². The van der Waals surface area contributed by atoms with E-state index in [4.69, 9.17) is 0 Å². The molecular formula is C18H14F6N2O9S2. The van der Waals surface area contributed by atoms with Crippen LogP contribution in [0, 0.1) is 0 Å². The van der Waals surface area contributed by atoms with Crippen LogP contribution in [0.2, 0.25) is 0 Å². The Labute approximate surface area is 203 Å². The molecule has 1 aromatic rings. The Morgan fingerprint density at radius 2 is 1.59 bits per heavy atom. The maximum Gasteiger partial charge on any atom is 0.534 e. The fraction of sp³-hybridized carbons (Fsp3) is 0.389. The summed E-state index contributed by atoms with van der Waals surface area (Å²) in [6.45, 7) is 0. The van der Waals surface area contributed by atoms with Gasteiger partial charge in [0, 0.05) is 0 Å². The number of aliphatic carboxylic acids is 1. The zero-order valence-electron chi connectivity index (χ0n) is 17.8. The van der Waals surface area contributed by atoms with Gasteiger partial charge in [-0.15, -0.1) is 0 Å². The van der Waals surface area contributed by atoms with Crippen LogP contribution in [0.4, 0.5) is 26.3 Å². The molecule has 0 aliphatic carbocycles. The van der Waals surface area contributed by atoms with Crippen LogP contribution in [0.1, 0.15) is 12.0 Å². The molecule has 3 atom stereocenters. The van der Waals surface area contributed by atoms with Gasteiger partial charge in [-0.1, -0.05) is 30.3 Å². The third-order valence-electron chi connectivity index (χ3n) is 5.35. The molecule has 3 unspecified atom stereocenters. The zero-order valence-corrected chi connectivity index (χ0v) is 19.4. The van der Waals surface area contributed by atoms with Gasteiger partial charge in [-0.2, -0.15) is 34.8 Å². The minimum Gasteiger partial charge on any atom is -0.476 e. The number of hydrogen-bond donors (Lipinski definition) is 2. The molecule has 0 saturated carbocycles. The Bertz CT molecular complexity index is 1370. The monoisotopic (exact) mass is 580 g/mol. The van der Waals surface area contributed by atoms with Gasteiger partial charge in [0.25, 0.3) is 15.7 Å². The molecule has 1 fully saturated rings. The SMILES string of the molecule is O=C(Cc1ccccc1)NC1C(=O)N2C(C(=O)O)=C(OS(=O)(=O)C(F)(F)F)C(S(=O)(=O)C(F)(F)F)CC12. The number of rotatable bonds is 7. The van der Waals surface area contributed by atoms with E-state index in [1.54, 1.807) is 18.2 Å². The molecular weight excluding hydrogens is 566 g/mol. The predicted octanol–water partition coefficient (Wildman–Crippen LogP) is 0.794. The molecule has 2 heterocycles. The van der Waals surface area contributed by atoms with Gasteiger partial charge in [-0.3, -0.25) is 14.5 Å². The van der Waals surface area contributed by atoms with Crippen LogP contribution in [0.15, 0.2) is 41.8 Å². The largest absolute Gasteiger partial charge is 0.534 e. The molecule has 2 N–H and O–H groups in total. The average Bonchev–Trinajstić information content (AvgIpc) is 2.75. The number of carbonyl (C=O) groups is 3. The molecule has 0 bridgehead atoms. The minimum atomic E-state index is -6.86. The highest BCUT2D eigenvalue weighted by Gasteiger charge is 2.64. The first kappa shape index (κ1) is 28.2. The Morgan fingerprint density at radius 3 is 2.08 bits per heavy atom. The highest BCUT2D eigenvalue weighted by atomic mass is 32.2. The molecule has 0 spiro atoms. The summed E-state index contributed by atoms with van der Waals surface area (Å²) in [4.78, 5) is 36.7. The fourth-order valence-corrected chi connectivity index (χ4v) is 5.52. The first-order chi connectivity index (χ1) is 16.8. The predicted molar refractivity (Wildman–Crippen MR) is 107 cm³/mol. The zero-order chi connectivity index (χ0) is 28.1. The Kier molecular flexibility index (Phi) is 7.01. The van der Waals surface area contributed by atoms with Gasteiger partial charge < -0.3 is 14.6 Å². The van der Waals surface area contributed by atoms with Crippen molar-refractivity contribution < 1.29 is 66.9 Å². The summed E-state index contributed by atoms with van der Waals surface area (Å²) < 4.78 is 129. The van der Waals surface area contributed by atoms with Gasteiger partial charge in [-0.25, -0.2) is 13.2 Å². The molecule has 2 aliphatic rings. The summed E-state index contributed by atoms with van der Waals surface area (Å²) in [5.74, 6) is -6.96. The van der Waals surface area contributed by atoms with Gasteiger partial charge >= 0.3 is 27.1 Å². The van der Waals surface area contributed by atoms with Crippen LogP contribution in [0.25, 0.3) is 0 Å². The lowest BCUT2D eigenvalue weighted by atomic mass is 9.85. The summed E-state index contributed by atoms with van der Waals surface area (Å²) in [7, 11) is -13.5. The number of carboxylic acid groups (broad SMARTS) is 1. The van der Waals surface area contributed by atoms with E-state index in [1.807, 2.05) is 0 Å². The van der Waals surface area contributed by atoms with Crippen molar-refractivity contribution in [2.75, 3.05) is 0 Å². The summed E-state index contributed by atoms with van der Waals surface area (Å²) in [6, 6.07) is 4.20. The van der Waals surface area contributed by atoms with Gasteiger partial charge in [0.1, 0.15) is 11.3 Å². The van der Waals surface area contributed by atoms with Crippen molar-refractivity contribution >= 4 is 37.7 Å². The molecule has 3 rings (SSSR count). The summed E-state index contributed by atoms with van der Waals surface area (Å²) >= 11 is 0. The van der Waals surface area contributed by atoms with Gasteiger partial charge in [0.2, 0.25) is 5.91 Å². The normalized spacial score (nSPS) is 22.7. The van der Waals surface area contributed by atoms with Crippen molar-refractivity contribution in [1.82, 2.24) is 10.2 Å². The Morgan fingerprint density at radius 1 is 1.03 bits per heavy atom. The summed E-state index contributed by atoms with van der Waals surface area (Å²) in [5, 5.41) is 8.23. The number of β-lactam (4-membered cyclic amide) rings is 1. The standard InChI is InChI=1S/C18H14F6N2O9S2/c19-17(20,21)36(31,32)10-7-9-12(25-11(27)6-8-4-2-1-3-5-8)15(28)26(9)13(16(29)30)14(10)35-37(33,34)18(22,23)24/h1-5,9-10,12H,6-7H2,(H,25,27)(H,29,30). The smallest absolute Gasteiger partial charge is 0.476 e. The number of amides is 2. The van der Waals surface area contributed by atoms with Crippen LogP contribution in [0.3, 0.4) is 0 Å². The number of nitrogens with one attached hydrogen (secondary N) is 1. The number of alkyl halides is 6. The minimum absolute atomic E-state index is 0.0689. The highest BCUT2D eigenvalue weighted by Crippen LogP contribution is 2.45. The molecule has 2 aliphatic heterocycles. The van der Waals surface area contributed by atoms with Gasteiger partial charge in [0.05, 0.1) is 12.5 Å². The maximum absolute atomic E-state index is 13.3. The summed E-state index contributed by atoms with van der Waals surface area (Å²) in [6.07, 6.45) is -1.79. The summed E-state index contributed by atoms with van der Waals surface area (Å²) in [5.41, 5.74) is -13.9.